The highest BCUT2D eigenvalue weighted by molar-refractivity contribution is 5.92. The minimum absolute atomic E-state index is 0.149. The summed E-state index contributed by atoms with van der Waals surface area (Å²) in [5, 5.41) is 8.20. The van der Waals surface area contributed by atoms with Crippen LogP contribution in [0.4, 0.5) is 8.78 Å². The minimum atomic E-state index is -0.303. The highest BCUT2D eigenvalue weighted by atomic mass is 19.1. The van der Waals surface area contributed by atoms with Crippen LogP contribution in [0, 0.1) is 11.6 Å². The zero-order valence-corrected chi connectivity index (χ0v) is 19.1. The van der Waals surface area contributed by atoms with Crippen molar-refractivity contribution in [1.29, 1.82) is 0 Å². The van der Waals surface area contributed by atoms with E-state index in [1.165, 1.54) is 24.3 Å². The number of rotatable bonds is 6. The Hall–Kier alpha value is -3.91. The van der Waals surface area contributed by atoms with E-state index in [9.17, 15) is 13.6 Å². The van der Waals surface area contributed by atoms with Gasteiger partial charge in [0.15, 0.2) is 5.69 Å². The van der Waals surface area contributed by atoms with Crippen LogP contribution in [0.25, 0.3) is 0 Å². The van der Waals surface area contributed by atoms with E-state index in [1.54, 1.807) is 40.0 Å². The normalized spacial score (nSPS) is 14.4. The van der Waals surface area contributed by atoms with E-state index in [4.69, 9.17) is 0 Å². The summed E-state index contributed by atoms with van der Waals surface area (Å²) >= 11 is 0. The Morgan fingerprint density at radius 2 is 1.37 bits per heavy atom. The van der Waals surface area contributed by atoms with Gasteiger partial charge in [0, 0.05) is 26.2 Å². The van der Waals surface area contributed by atoms with Gasteiger partial charge in [-0.2, -0.15) is 0 Å². The highest BCUT2D eigenvalue weighted by Crippen LogP contribution is 2.30. The number of piperazine rings is 1. The number of nitrogens with zero attached hydrogens (tertiary/aromatic N) is 5. The molecule has 1 saturated heterocycles. The van der Waals surface area contributed by atoms with Gasteiger partial charge in [0.05, 0.1) is 18.8 Å². The van der Waals surface area contributed by atoms with E-state index >= 15 is 0 Å². The number of carbonyl (C=O) groups excluding carboxylic acids is 1. The maximum absolute atomic E-state index is 13.6. The SMILES string of the molecule is O=C(c1cn(Cc2ccccc2)nn1)N1CCN(C(c2ccc(F)cc2)c2ccc(F)cc2)CC1. The van der Waals surface area contributed by atoms with Crippen LogP contribution in [-0.4, -0.2) is 56.9 Å². The lowest BCUT2D eigenvalue weighted by molar-refractivity contribution is 0.0591. The van der Waals surface area contributed by atoms with Crippen molar-refractivity contribution in [2.24, 2.45) is 0 Å². The second kappa shape index (κ2) is 10.1. The number of carbonyl (C=O) groups is 1. The van der Waals surface area contributed by atoms with E-state index in [2.05, 4.69) is 15.2 Å². The Morgan fingerprint density at radius 1 is 0.800 bits per heavy atom. The van der Waals surface area contributed by atoms with Gasteiger partial charge < -0.3 is 4.90 Å². The summed E-state index contributed by atoms with van der Waals surface area (Å²) in [4.78, 5) is 17.1. The second-order valence-electron chi connectivity index (χ2n) is 8.62. The second-order valence-corrected chi connectivity index (χ2v) is 8.62. The summed E-state index contributed by atoms with van der Waals surface area (Å²) in [6, 6.07) is 22.5. The molecule has 0 saturated carbocycles. The van der Waals surface area contributed by atoms with E-state index < -0.39 is 0 Å². The minimum Gasteiger partial charge on any atom is -0.335 e. The molecule has 6 nitrogen and oxygen atoms in total. The van der Waals surface area contributed by atoms with Crippen LogP contribution in [0.1, 0.15) is 33.2 Å². The van der Waals surface area contributed by atoms with Crippen LogP contribution in [0.15, 0.2) is 85.1 Å². The van der Waals surface area contributed by atoms with Gasteiger partial charge in [-0.15, -0.1) is 5.10 Å². The number of benzene rings is 3. The monoisotopic (exact) mass is 473 g/mol. The molecule has 1 fully saturated rings. The van der Waals surface area contributed by atoms with E-state index in [-0.39, 0.29) is 23.6 Å². The van der Waals surface area contributed by atoms with Gasteiger partial charge in [0.2, 0.25) is 0 Å². The number of hydrogen-bond donors (Lipinski definition) is 0. The van der Waals surface area contributed by atoms with Crippen molar-refractivity contribution in [3.8, 4) is 0 Å². The fourth-order valence-corrected chi connectivity index (χ4v) is 4.49. The predicted molar refractivity (Wildman–Crippen MR) is 128 cm³/mol. The molecule has 35 heavy (non-hydrogen) atoms. The fraction of sp³-hybridized carbons (Fsp3) is 0.222. The van der Waals surface area contributed by atoms with Crippen LogP contribution in [0.5, 0.6) is 0 Å². The first-order chi connectivity index (χ1) is 17.1. The van der Waals surface area contributed by atoms with Crippen molar-refractivity contribution in [1.82, 2.24) is 24.8 Å². The van der Waals surface area contributed by atoms with Crippen molar-refractivity contribution in [3.05, 3.63) is 119 Å². The van der Waals surface area contributed by atoms with Crippen LogP contribution < -0.4 is 0 Å². The van der Waals surface area contributed by atoms with Crippen molar-refractivity contribution < 1.29 is 13.6 Å². The zero-order chi connectivity index (χ0) is 24.2. The molecule has 0 aliphatic carbocycles. The molecule has 1 aromatic heterocycles. The maximum Gasteiger partial charge on any atom is 0.276 e. The summed E-state index contributed by atoms with van der Waals surface area (Å²) in [6.45, 7) is 2.81. The molecular weight excluding hydrogens is 448 g/mol. The van der Waals surface area contributed by atoms with Gasteiger partial charge in [0.25, 0.3) is 5.91 Å². The van der Waals surface area contributed by atoms with Gasteiger partial charge in [-0.05, 0) is 41.0 Å². The first kappa shape index (κ1) is 22.9. The lowest BCUT2D eigenvalue weighted by Crippen LogP contribution is -2.50. The molecule has 8 heteroatoms. The molecular formula is C27H25F2N5O. The Balaban J connectivity index is 1.27. The van der Waals surface area contributed by atoms with Crippen LogP contribution in [0.2, 0.25) is 0 Å². The Bertz CT molecular complexity index is 1220. The molecule has 0 radical (unpaired) electrons. The van der Waals surface area contributed by atoms with Crippen molar-refractivity contribution >= 4 is 5.91 Å². The van der Waals surface area contributed by atoms with Gasteiger partial charge in [-0.3, -0.25) is 9.69 Å². The average Bonchev–Trinajstić information content (AvgIpc) is 3.35. The van der Waals surface area contributed by atoms with Crippen molar-refractivity contribution in [3.63, 3.8) is 0 Å². The van der Waals surface area contributed by atoms with Crippen molar-refractivity contribution in [2.45, 2.75) is 12.6 Å². The first-order valence-electron chi connectivity index (χ1n) is 11.5. The number of hydrogen-bond acceptors (Lipinski definition) is 4. The van der Waals surface area contributed by atoms with Crippen LogP contribution >= 0.6 is 0 Å². The first-order valence-corrected chi connectivity index (χ1v) is 11.5. The molecule has 1 aliphatic heterocycles. The van der Waals surface area contributed by atoms with Gasteiger partial charge in [-0.1, -0.05) is 59.8 Å². The Kier molecular flexibility index (Phi) is 6.63. The highest BCUT2D eigenvalue weighted by Gasteiger charge is 2.29. The summed E-state index contributed by atoms with van der Waals surface area (Å²) in [5.74, 6) is -0.756. The molecule has 1 amide bonds. The third kappa shape index (κ3) is 5.27. The van der Waals surface area contributed by atoms with E-state index in [0.29, 0.717) is 38.4 Å². The Morgan fingerprint density at radius 3 is 1.94 bits per heavy atom. The molecule has 0 N–H and O–H groups in total. The van der Waals surface area contributed by atoms with Gasteiger partial charge in [0.1, 0.15) is 11.6 Å². The zero-order valence-electron chi connectivity index (χ0n) is 19.1. The summed E-state index contributed by atoms with van der Waals surface area (Å²) in [6.07, 6.45) is 1.68. The Labute approximate surface area is 202 Å². The quantitative estimate of drug-likeness (QED) is 0.422. The van der Waals surface area contributed by atoms with E-state index in [1.807, 2.05) is 30.3 Å². The summed E-state index contributed by atoms with van der Waals surface area (Å²) in [5.41, 5.74) is 3.24. The molecule has 178 valence electrons. The van der Waals surface area contributed by atoms with Crippen molar-refractivity contribution in [2.75, 3.05) is 26.2 Å². The molecule has 0 atom stereocenters. The topological polar surface area (TPSA) is 54.3 Å². The lowest BCUT2D eigenvalue weighted by Gasteiger charge is -2.39. The molecule has 1 aliphatic rings. The number of amides is 1. The molecule has 0 spiro atoms. The third-order valence-corrected chi connectivity index (χ3v) is 6.28. The number of aromatic nitrogens is 3. The summed E-state index contributed by atoms with van der Waals surface area (Å²) in [7, 11) is 0. The van der Waals surface area contributed by atoms with Gasteiger partial charge >= 0.3 is 0 Å². The van der Waals surface area contributed by atoms with Gasteiger partial charge in [-0.25, -0.2) is 13.5 Å². The smallest absolute Gasteiger partial charge is 0.276 e. The molecule has 0 bridgehead atoms. The number of halogens is 2. The standard InChI is InChI=1S/C27H25F2N5O/c28-23-10-6-21(7-11-23)26(22-8-12-24(29)13-9-22)32-14-16-33(17-15-32)27(35)25-19-34(31-30-25)18-20-4-2-1-3-5-20/h1-13,19,26H,14-18H2. The maximum atomic E-state index is 13.6. The lowest BCUT2D eigenvalue weighted by atomic mass is 9.96. The third-order valence-electron chi connectivity index (χ3n) is 6.28. The van der Waals surface area contributed by atoms with E-state index in [0.717, 1.165) is 16.7 Å². The molecule has 4 aromatic rings. The summed E-state index contributed by atoms with van der Waals surface area (Å²) < 4.78 is 28.8. The fourth-order valence-electron chi connectivity index (χ4n) is 4.49. The largest absolute Gasteiger partial charge is 0.335 e. The predicted octanol–water partition coefficient (Wildman–Crippen LogP) is 4.15. The molecule has 5 rings (SSSR count). The van der Waals surface area contributed by atoms with Crippen LogP contribution in [0.3, 0.4) is 0 Å². The average molecular weight is 474 g/mol. The molecule has 3 aromatic carbocycles. The molecule has 2 heterocycles. The van der Waals surface area contributed by atoms with Crippen LogP contribution in [-0.2, 0) is 6.54 Å². The molecule has 0 unspecified atom stereocenters.